The molecule has 0 radical (unpaired) electrons. The average molecular weight is 379 g/mol. The molecule has 2 heterocycles. The molecular weight excluding hydrogens is 354 g/mol. The molecule has 3 aromatic rings. The molecule has 0 unspecified atom stereocenters. The van der Waals surface area contributed by atoms with Crippen molar-refractivity contribution >= 4 is 11.8 Å². The third-order valence-corrected chi connectivity index (χ3v) is 4.19. The number of anilines is 1. The van der Waals surface area contributed by atoms with Crippen LogP contribution in [-0.4, -0.2) is 32.5 Å². The van der Waals surface area contributed by atoms with E-state index in [1.165, 1.54) is 0 Å². The van der Waals surface area contributed by atoms with Crippen LogP contribution in [0.1, 0.15) is 49.6 Å². The van der Waals surface area contributed by atoms with Crippen molar-refractivity contribution in [2.24, 2.45) is 0 Å². The molecule has 0 spiro atoms. The first-order chi connectivity index (χ1) is 13.4. The zero-order chi connectivity index (χ0) is 20.1. The number of aromatic amines is 1. The predicted octanol–water partition coefficient (Wildman–Crippen LogP) is 3.95. The summed E-state index contributed by atoms with van der Waals surface area (Å²) in [4.78, 5) is 28.0. The van der Waals surface area contributed by atoms with Crippen LogP contribution in [0.3, 0.4) is 0 Å². The molecule has 0 amide bonds. The molecule has 7 heteroatoms. The maximum atomic E-state index is 12.1. The minimum atomic E-state index is -0.513. The van der Waals surface area contributed by atoms with Crippen LogP contribution in [0.25, 0.3) is 11.3 Å². The van der Waals surface area contributed by atoms with Crippen molar-refractivity contribution in [2.45, 2.75) is 39.7 Å². The van der Waals surface area contributed by atoms with Crippen molar-refractivity contribution in [3.63, 3.8) is 0 Å². The van der Waals surface area contributed by atoms with E-state index in [2.05, 4.69) is 25.3 Å². The zero-order valence-electron chi connectivity index (χ0n) is 16.6. The predicted molar refractivity (Wildman–Crippen MR) is 108 cm³/mol. The molecule has 7 nitrogen and oxygen atoms in total. The third kappa shape index (κ3) is 4.73. The van der Waals surface area contributed by atoms with Crippen LogP contribution in [0, 0.1) is 0 Å². The van der Waals surface area contributed by atoms with Gasteiger partial charge in [-0.1, -0.05) is 45.0 Å². The molecule has 0 saturated carbocycles. The van der Waals surface area contributed by atoms with Crippen molar-refractivity contribution < 1.29 is 9.53 Å². The highest BCUT2D eigenvalue weighted by atomic mass is 16.5. The van der Waals surface area contributed by atoms with Gasteiger partial charge in [-0.2, -0.15) is 0 Å². The Balaban J connectivity index is 1.77. The third-order valence-electron chi connectivity index (χ3n) is 4.19. The summed E-state index contributed by atoms with van der Waals surface area (Å²) in [5, 5.41) is 3.29. The number of carbonyl (C=O) groups is 1. The normalized spacial score (nSPS) is 11.3. The fraction of sp³-hybridized carbons (Fsp3) is 0.333. The van der Waals surface area contributed by atoms with E-state index in [-0.39, 0.29) is 17.8 Å². The van der Waals surface area contributed by atoms with E-state index in [1.807, 2.05) is 51.1 Å². The number of carbonyl (C=O) groups excluding carboxylic acids is 1. The number of nitrogens with zero attached hydrogens (tertiary/aromatic N) is 3. The molecule has 1 aromatic carbocycles. The highest BCUT2D eigenvalue weighted by molar-refractivity contribution is 5.85. The summed E-state index contributed by atoms with van der Waals surface area (Å²) >= 11 is 0. The summed E-state index contributed by atoms with van der Waals surface area (Å²) < 4.78 is 5.06. The highest BCUT2D eigenvalue weighted by Crippen LogP contribution is 2.23. The quantitative estimate of drug-likeness (QED) is 0.630. The summed E-state index contributed by atoms with van der Waals surface area (Å²) in [6, 6.07) is 10.0. The SMILES string of the molecule is CCOC(=O)c1nc(NCc2ccc(-c3cnc[nH]3)cc2)cc(C(C)(C)C)n1. The van der Waals surface area contributed by atoms with Crippen molar-refractivity contribution in [3.05, 3.63) is 59.9 Å². The lowest BCUT2D eigenvalue weighted by Gasteiger charge is -2.19. The lowest BCUT2D eigenvalue weighted by molar-refractivity contribution is 0.0511. The van der Waals surface area contributed by atoms with Crippen molar-refractivity contribution in [2.75, 3.05) is 11.9 Å². The molecular formula is C21H25N5O2. The van der Waals surface area contributed by atoms with Gasteiger partial charge in [-0.3, -0.25) is 0 Å². The van der Waals surface area contributed by atoms with Gasteiger partial charge in [0.2, 0.25) is 5.82 Å². The second kappa shape index (κ2) is 8.21. The lowest BCUT2D eigenvalue weighted by Crippen LogP contribution is -2.19. The molecule has 28 heavy (non-hydrogen) atoms. The summed E-state index contributed by atoms with van der Waals surface area (Å²) in [5.74, 6) is 0.160. The molecule has 0 atom stereocenters. The smallest absolute Gasteiger partial charge is 0.376 e. The topological polar surface area (TPSA) is 92.8 Å². The minimum Gasteiger partial charge on any atom is -0.460 e. The fourth-order valence-electron chi connectivity index (χ4n) is 2.62. The maximum absolute atomic E-state index is 12.1. The second-order valence-corrected chi connectivity index (χ2v) is 7.45. The number of hydrogen-bond donors (Lipinski definition) is 2. The number of hydrogen-bond acceptors (Lipinski definition) is 6. The van der Waals surface area contributed by atoms with E-state index in [0.29, 0.717) is 12.4 Å². The van der Waals surface area contributed by atoms with Crippen LogP contribution < -0.4 is 5.32 Å². The Labute approximate surface area is 164 Å². The van der Waals surface area contributed by atoms with Gasteiger partial charge in [0.05, 0.1) is 30.5 Å². The second-order valence-electron chi connectivity index (χ2n) is 7.45. The number of esters is 1. The molecule has 0 saturated heterocycles. The van der Waals surface area contributed by atoms with Gasteiger partial charge in [0.15, 0.2) is 0 Å². The number of nitrogens with one attached hydrogen (secondary N) is 2. The molecule has 0 aliphatic rings. The van der Waals surface area contributed by atoms with Crippen LogP contribution in [0.4, 0.5) is 5.82 Å². The van der Waals surface area contributed by atoms with Crippen LogP contribution in [0.15, 0.2) is 42.9 Å². The summed E-state index contributed by atoms with van der Waals surface area (Å²) in [6.45, 7) is 8.75. The number of ether oxygens (including phenoxy) is 1. The standard InChI is InChI=1S/C21H25N5O2/c1-5-28-20(27)19-25-17(21(2,3)4)10-18(26-19)23-11-14-6-8-15(9-7-14)16-12-22-13-24-16/h6-10,12-13H,5,11H2,1-4H3,(H,22,24)(H,23,25,26). The van der Waals surface area contributed by atoms with Crippen LogP contribution in [0.5, 0.6) is 0 Å². The minimum absolute atomic E-state index is 0.0753. The lowest BCUT2D eigenvalue weighted by atomic mass is 9.92. The van der Waals surface area contributed by atoms with Crippen LogP contribution >= 0.6 is 0 Å². The van der Waals surface area contributed by atoms with E-state index >= 15 is 0 Å². The van der Waals surface area contributed by atoms with Crippen molar-refractivity contribution in [1.82, 2.24) is 19.9 Å². The Bertz CT molecular complexity index is 928. The molecule has 146 valence electrons. The van der Waals surface area contributed by atoms with Crippen molar-refractivity contribution in [1.29, 1.82) is 0 Å². The fourth-order valence-corrected chi connectivity index (χ4v) is 2.62. The molecule has 2 aromatic heterocycles. The molecule has 0 aliphatic carbocycles. The monoisotopic (exact) mass is 379 g/mol. The number of rotatable bonds is 6. The van der Waals surface area contributed by atoms with E-state index in [4.69, 9.17) is 4.74 Å². The first-order valence-electron chi connectivity index (χ1n) is 9.25. The highest BCUT2D eigenvalue weighted by Gasteiger charge is 2.21. The molecule has 0 fully saturated rings. The van der Waals surface area contributed by atoms with E-state index in [1.54, 1.807) is 19.4 Å². The first kappa shape index (κ1) is 19.5. The zero-order valence-corrected chi connectivity index (χ0v) is 16.6. The summed E-state index contributed by atoms with van der Waals surface area (Å²) in [7, 11) is 0. The number of imidazole rings is 1. The van der Waals surface area contributed by atoms with E-state index < -0.39 is 5.97 Å². The van der Waals surface area contributed by atoms with E-state index in [9.17, 15) is 4.79 Å². The largest absolute Gasteiger partial charge is 0.460 e. The summed E-state index contributed by atoms with van der Waals surface area (Å²) in [5.41, 5.74) is 3.71. The van der Waals surface area contributed by atoms with Gasteiger partial charge in [-0.25, -0.2) is 19.7 Å². The van der Waals surface area contributed by atoms with Crippen molar-refractivity contribution in [3.8, 4) is 11.3 Å². The molecule has 0 bridgehead atoms. The molecule has 3 rings (SSSR count). The van der Waals surface area contributed by atoms with Gasteiger partial charge in [-0.05, 0) is 18.1 Å². The number of benzene rings is 1. The molecule has 2 N–H and O–H groups in total. The Hall–Kier alpha value is -3.22. The van der Waals surface area contributed by atoms with E-state index in [0.717, 1.165) is 22.5 Å². The Kier molecular flexibility index (Phi) is 5.73. The van der Waals surface area contributed by atoms with Gasteiger partial charge < -0.3 is 15.0 Å². The number of aromatic nitrogens is 4. The van der Waals surface area contributed by atoms with Gasteiger partial charge >= 0.3 is 5.97 Å². The van der Waals surface area contributed by atoms with Gasteiger partial charge in [-0.15, -0.1) is 0 Å². The average Bonchev–Trinajstić information content (AvgIpc) is 3.21. The van der Waals surface area contributed by atoms with Gasteiger partial charge in [0.1, 0.15) is 5.82 Å². The van der Waals surface area contributed by atoms with Gasteiger partial charge in [0, 0.05) is 18.0 Å². The Morgan fingerprint density at radius 2 is 1.93 bits per heavy atom. The van der Waals surface area contributed by atoms with Crippen LogP contribution in [-0.2, 0) is 16.7 Å². The Morgan fingerprint density at radius 3 is 2.54 bits per heavy atom. The first-order valence-corrected chi connectivity index (χ1v) is 9.25. The van der Waals surface area contributed by atoms with Gasteiger partial charge in [0.25, 0.3) is 0 Å². The maximum Gasteiger partial charge on any atom is 0.376 e. The number of H-pyrrole nitrogens is 1. The van der Waals surface area contributed by atoms with Crippen LogP contribution in [0.2, 0.25) is 0 Å². The molecule has 0 aliphatic heterocycles. The summed E-state index contributed by atoms with van der Waals surface area (Å²) in [6.07, 6.45) is 3.45. The Morgan fingerprint density at radius 1 is 1.18 bits per heavy atom.